The van der Waals surface area contributed by atoms with Gasteiger partial charge in [-0.1, -0.05) is 31.2 Å². The van der Waals surface area contributed by atoms with E-state index in [0.29, 0.717) is 18.4 Å². The van der Waals surface area contributed by atoms with Gasteiger partial charge in [-0.15, -0.1) is 6.58 Å². The quantitative estimate of drug-likeness (QED) is 0.545. The number of carbonyl (C=O) groups is 1. The third kappa shape index (κ3) is 6.56. The summed E-state index contributed by atoms with van der Waals surface area (Å²) in [6.45, 7) is 9.96. The van der Waals surface area contributed by atoms with Crippen LogP contribution in [0.3, 0.4) is 0 Å². The van der Waals surface area contributed by atoms with E-state index in [4.69, 9.17) is 9.73 Å². The molecular formula is C18H27NO2. The van der Waals surface area contributed by atoms with Crippen molar-refractivity contribution in [3.63, 3.8) is 0 Å². The lowest BCUT2D eigenvalue weighted by molar-refractivity contribution is -0.141. The van der Waals surface area contributed by atoms with E-state index in [1.807, 2.05) is 13.0 Å². The van der Waals surface area contributed by atoms with E-state index in [-0.39, 0.29) is 12.0 Å². The molecule has 3 heteroatoms. The Bertz CT molecular complexity index is 434. The third-order valence-corrected chi connectivity index (χ3v) is 3.72. The van der Waals surface area contributed by atoms with Crippen molar-refractivity contribution in [2.75, 3.05) is 6.61 Å². The van der Waals surface area contributed by atoms with Gasteiger partial charge in [-0.2, -0.15) is 0 Å². The summed E-state index contributed by atoms with van der Waals surface area (Å²) in [7, 11) is 0. The van der Waals surface area contributed by atoms with Crippen LogP contribution in [0.4, 0.5) is 0 Å². The van der Waals surface area contributed by atoms with Gasteiger partial charge in [-0.05, 0) is 31.8 Å². The zero-order valence-electron chi connectivity index (χ0n) is 13.4. The highest BCUT2D eigenvalue weighted by atomic mass is 16.5. The van der Waals surface area contributed by atoms with Gasteiger partial charge < -0.3 is 4.74 Å². The number of carbonyl (C=O) groups excluding carboxylic acids is 1. The maximum atomic E-state index is 10.9. The van der Waals surface area contributed by atoms with Crippen LogP contribution in [-0.2, 0) is 9.53 Å². The number of rotatable bonds is 6. The molecule has 0 amide bonds. The van der Waals surface area contributed by atoms with Crippen LogP contribution < -0.4 is 0 Å². The lowest BCUT2D eigenvalue weighted by Gasteiger charge is -2.27. The minimum atomic E-state index is -0.232. The lowest BCUT2D eigenvalue weighted by Crippen LogP contribution is -2.26. The van der Waals surface area contributed by atoms with E-state index in [2.05, 4.69) is 37.8 Å². The Morgan fingerprint density at radius 3 is 3.00 bits per heavy atom. The van der Waals surface area contributed by atoms with Crippen LogP contribution in [-0.4, -0.2) is 24.3 Å². The molecule has 0 aromatic carbocycles. The average molecular weight is 289 g/mol. The zero-order chi connectivity index (χ0) is 15.7. The second-order valence-electron chi connectivity index (χ2n) is 5.61. The van der Waals surface area contributed by atoms with Gasteiger partial charge in [0.15, 0.2) is 0 Å². The van der Waals surface area contributed by atoms with Gasteiger partial charge in [0.1, 0.15) is 0 Å². The lowest BCUT2D eigenvalue weighted by atomic mass is 9.83. The van der Waals surface area contributed by atoms with E-state index in [1.165, 1.54) is 6.92 Å². The molecule has 0 fully saturated rings. The fourth-order valence-corrected chi connectivity index (χ4v) is 2.64. The molecule has 0 saturated heterocycles. The van der Waals surface area contributed by atoms with E-state index in [1.54, 1.807) is 0 Å². The molecule has 116 valence electrons. The van der Waals surface area contributed by atoms with Crippen LogP contribution in [0.5, 0.6) is 0 Å². The second kappa shape index (κ2) is 9.32. The molecule has 1 rings (SSSR count). The number of hydrogen-bond acceptors (Lipinski definition) is 3. The minimum Gasteiger partial charge on any atom is -0.466 e. The van der Waals surface area contributed by atoms with E-state index < -0.39 is 0 Å². The van der Waals surface area contributed by atoms with Gasteiger partial charge in [-0.25, -0.2) is 0 Å². The Labute approximate surface area is 128 Å². The standard InChI is InChI=1S/C18H27NO2/c1-5-9-14(2)17-11-8-6-7-10-15(3)19-18(17)12-13-21-16(4)20/h5,7-8,10-11,14,17-18H,1,6,9,12-13H2,2-4H3/b10-7-,11-8+,19-15?. The molecule has 21 heavy (non-hydrogen) atoms. The number of aliphatic imine (C=N–C) groups is 1. The van der Waals surface area contributed by atoms with Crippen molar-refractivity contribution in [2.24, 2.45) is 16.8 Å². The molecule has 1 aliphatic rings. The highest BCUT2D eigenvalue weighted by molar-refractivity contribution is 5.92. The first-order valence-corrected chi connectivity index (χ1v) is 7.66. The van der Waals surface area contributed by atoms with E-state index in [0.717, 1.165) is 25.0 Å². The topological polar surface area (TPSA) is 38.7 Å². The summed E-state index contributed by atoms with van der Waals surface area (Å²) < 4.78 is 5.10. The molecule has 3 unspecified atom stereocenters. The largest absolute Gasteiger partial charge is 0.466 e. The first-order chi connectivity index (χ1) is 10.0. The summed E-state index contributed by atoms with van der Waals surface area (Å²) in [6, 6.07) is 0.137. The van der Waals surface area contributed by atoms with Crippen molar-refractivity contribution in [1.29, 1.82) is 0 Å². The van der Waals surface area contributed by atoms with Crippen molar-refractivity contribution in [2.45, 2.75) is 46.1 Å². The molecule has 0 bridgehead atoms. The van der Waals surface area contributed by atoms with Crippen LogP contribution in [0.15, 0.2) is 42.0 Å². The Morgan fingerprint density at radius 2 is 2.33 bits per heavy atom. The number of nitrogens with zero attached hydrogens (tertiary/aromatic N) is 1. The van der Waals surface area contributed by atoms with E-state index >= 15 is 0 Å². The fourth-order valence-electron chi connectivity index (χ4n) is 2.64. The van der Waals surface area contributed by atoms with Crippen LogP contribution in [0.25, 0.3) is 0 Å². The average Bonchev–Trinajstić information content (AvgIpc) is 2.49. The molecule has 0 aromatic heterocycles. The molecule has 3 atom stereocenters. The molecule has 0 radical (unpaired) electrons. The number of ether oxygens (including phenoxy) is 1. The predicted octanol–water partition coefficient (Wildman–Crippen LogP) is 4.11. The molecule has 3 nitrogen and oxygen atoms in total. The normalized spacial score (nSPS) is 26.5. The summed E-state index contributed by atoms with van der Waals surface area (Å²) in [4.78, 5) is 15.8. The van der Waals surface area contributed by atoms with Crippen LogP contribution in [0, 0.1) is 11.8 Å². The smallest absolute Gasteiger partial charge is 0.302 e. The highest BCUT2D eigenvalue weighted by Crippen LogP contribution is 2.26. The first-order valence-electron chi connectivity index (χ1n) is 7.66. The summed E-state index contributed by atoms with van der Waals surface area (Å²) >= 11 is 0. The van der Waals surface area contributed by atoms with Crippen LogP contribution in [0.1, 0.15) is 40.0 Å². The second-order valence-corrected chi connectivity index (χ2v) is 5.61. The Kier molecular flexibility index (Phi) is 7.73. The van der Waals surface area contributed by atoms with E-state index in [9.17, 15) is 4.79 Å². The van der Waals surface area contributed by atoms with Crippen LogP contribution in [0.2, 0.25) is 0 Å². The summed E-state index contributed by atoms with van der Waals surface area (Å²) in [5.74, 6) is 0.578. The van der Waals surface area contributed by atoms with Gasteiger partial charge in [0.25, 0.3) is 0 Å². The van der Waals surface area contributed by atoms with Crippen molar-refractivity contribution in [3.8, 4) is 0 Å². The summed E-state index contributed by atoms with van der Waals surface area (Å²) in [5, 5.41) is 0. The Balaban J connectivity index is 2.89. The molecule has 0 N–H and O–H groups in total. The highest BCUT2D eigenvalue weighted by Gasteiger charge is 2.24. The van der Waals surface area contributed by atoms with Crippen molar-refractivity contribution in [1.82, 2.24) is 0 Å². The molecule has 0 saturated carbocycles. The number of esters is 1. The van der Waals surface area contributed by atoms with Gasteiger partial charge in [0.05, 0.1) is 12.6 Å². The first kappa shape index (κ1) is 17.4. The molecule has 0 aliphatic carbocycles. The maximum Gasteiger partial charge on any atom is 0.302 e. The minimum absolute atomic E-state index is 0.137. The molecule has 1 aliphatic heterocycles. The SMILES string of the molecule is C=CCC(C)C1/C=C/C/C=C\C(C)=NC1CCOC(C)=O. The number of hydrogen-bond donors (Lipinski definition) is 0. The maximum absolute atomic E-state index is 10.9. The molecule has 0 spiro atoms. The van der Waals surface area contributed by atoms with Gasteiger partial charge in [-0.3, -0.25) is 9.79 Å². The van der Waals surface area contributed by atoms with Crippen molar-refractivity contribution < 1.29 is 9.53 Å². The fraction of sp³-hybridized carbons (Fsp3) is 0.556. The molecular weight excluding hydrogens is 262 g/mol. The molecule has 1 heterocycles. The Morgan fingerprint density at radius 1 is 1.57 bits per heavy atom. The Hall–Kier alpha value is -1.64. The zero-order valence-corrected chi connectivity index (χ0v) is 13.4. The van der Waals surface area contributed by atoms with Gasteiger partial charge >= 0.3 is 5.97 Å². The van der Waals surface area contributed by atoms with Gasteiger partial charge in [0, 0.05) is 25.0 Å². The predicted molar refractivity (Wildman–Crippen MR) is 88.5 cm³/mol. The van der Waals surface area contributed by atoms with Crippen LogP contribution >= 0.6 is 0 Å². The monoisotopic (exact) mass is 289 g/mol. The molecule has 0 aromatic rings. The third-order valence-electron chi connectivity index (χ3n) is 3.72. The van der Waals surface area contributed by atoms with Crippen molar-refractivity contribution >= 4 is 11.7 Å². The summed E-state index contributed by atoms with van der Waals surface area (Å²) in [5.41, 5.74) is 1.03. The number of allylic oxidation sites excluding steroid dienone is 4. The van der Waals surface area contributed by atoms with Gasteiger partial charge in [0.2, 0.25) is 0 Å². The summed E-state index contributed by atoms with van der Waals surface area (Å²) in [6.07, 6.45) is 13.3. The van der Waals surface area contributed by atoms with Crippen molar-refractivity contribution in [3.05, 3.63) is 37.0 Å².